The fourth-order valence-corrected chi connectivity index (χ4v) is 2.15. The van der Waals surface area contributed by atoms with Crippen molar-refractivity contribution in [3.8, 4) is 11.6 Å². The second kappa shape index (κ2) is 7.12. The van der Waals surface area contributed by atoms with Crippen LogP contribution in [0.3, 0.4) is 0 Å². The van der Waals surface area contributed by atoms with Crippen molar-refractivity contribution >= 4 is 5.69 Å². The van der Waals surface area contributed by atoms with Crippen molar-refractivity contribution in [2.24, 2.45) is 0 Å². The van der Waals surface area contributed by atoms with Gasteiger partial charge in [0.05, 0.1) is 0 Å². The number of nitrogens with zero attached hydrogens (tertiary/aromatic N) is 3. The van der Waals surface area contributed by atoms with Crippen molar-refractivity contribution in [3.05, 3.63) is 59.9 Å². The summed E-state index contributed by atoms with van der Waals surface area (Å²) in [4.78, 5) is 4.23. The fourth-order valence-electron chi connectivity index (χ4n) is 2.15. The van der Waals surface area contributed by atoms with Gasteiger partial charge in [-0.3, -0.25) is 0 Å². The average molecular weight is 324 g/mol. The Hall–Kier alpha value is -2.89. The van der Waals surface area contributed by atoms with Crippen LogP contribution in [0.25, 0.3) is 0 Å². The lowest BCUT2D eigenvalue weighted by molar-refractivity contribution is 0.439. The fraction of sp³-hybridized carbons (Fsp3) is 0.278. The van der Waals surface area contributed by atoms with E-state index in [0.29, 0.717) is 17.7 Å². The van der Waals surface area contributed by atoms with Crippen LogP contribution in [-0.2, 0) is 6.42 Å². The molecule has 2 aromatic heterocycles. The minimum Gasteiger partial charge on any atom is -0.439 e. The van der Waals surface area contributed by atoms with Crippen LogP contribution in [0.15, 0.2) is 47.0 Å². The predicted molar refractivity (Wildman–Crippen MR) is 91.2 cm³/mol. The highest BCUT2D eigenvalue weighted by atomic mass is 16.5. The van der Waals surface area contributed by atoms with Crippen molar-refractivity contribution in [1.29, 1.82) is 0 Å². The zero-order chi connectivity index (χ0) is 16.9. The molecule has 2 heterocycles. The van der Waals surface area contributed by atoms with Gasteiger partial charge in [0.15, 0.2) is 0 Å². The van der Waals surface area contributed by atoms with Crippen LogP contribution >= 0.6 is 0 Å². The molecular formula is C18H20N4O2. The van der Waals surface area contributed by atoms with Crippen molar-refractivity contribution in [2.75, 3.05) is 5.32 Å². The smallest absolute Gasteiger partial charge is 0.238 e. The summed E-state index contributed by atoms with van der Waals surface area (Å²) < 4.78 is 11.3. The number of pyridine rings is 1. The summed E-state index contributed by atoms with van der Waals surface area (Å²) in [5.74, 6) is 2.53. The van der Waals surface area contributed by atoms with E-state index in [1.54, 1.807) is 6.20 Å². The van der Waals surface area contributed by atoms with Gasteiger partial charge in [0, 0.05) is 24.4 Å². The molecule has 0 unspecified atom stereocenters. The molecule has 1 N–H and O–H groups in total. The van der Waals surface area contributed by atoms with Crippen LogP contribution in [0.1, 0.15) is 37.2 Å². The zero-order valence-electron chi connectivity index (χ0n) is 14.0. The van der Waals surface area contributed by atoms with Gasteiger partial charge in [-0.2, -0.15) is 0 Å². The Morgan fingerprint density at radius 1 is 1.12 bits per heavy atom. The third kappa shape index (κ3) is 3.90. The first-order chi connectivity index (χ1) is 11.6. The molecule has 24 heavy (non-hydrogen) atoms. The lowest BCUT2D eigenvalue weighted by Crippen LogP contribution is -2.06. The third-order valence-electron chi connectivity index (χ3n) is 3.50. The van der Waals surface area contributed by atoms with E-state index in [0.717, 1.165) is 23.4 Å². The monoisotopic (exact) mass is 324 g/mol. The maximum atomic E-state index is 5.72. The second-order valence-electron chi connectivity index (χ2n) is 5.55. The maximum Gasteiger partial charge on any atom is 0.238 e. The summed E-state index contributed by atoms with van der Waals surface area (Å²) in [6, 6.07) is 11.4. The topological polar surface area (TPSA) is 73.1 Å². The Morgan fingerprint density at radius 2 is 1.92 bits per heavy atom. The minimum atomic E-state index is -0.0664. The maximum absolute atomic E-state index is 5.72. The number of hydrogen-bond donors (Lipinski definition) is 1. The Bertz CT molecular complexity index is 782. The number of benzene rings is 1. The van der Waals surface area contributed by atoms with Gasteiger partial charge in [-0.05, 0) is 43.7 Å². The number of hydrogen-bond acceptors (Lipinski definition) is 6. The highest BCUT2D eigenvalue weighted by Crippen LogP contribution is 2.24. The summed E-state index contributed by atoms with van der Waals surface area (Å²) in [5.41, 5.74) is 2.05. The number of aryl methyl sites for hydroxylation is 2. The van der Waals surface area contributed by atoms with Crippen molar-refractivity contribution in [2.45, 2.75) is 33.2 Å². The predicted octanol–water partition coefficient (Wildman–Crippen LogP) is 4.30. The van der Waals surface area contributed by atoms with Crippen molar-refractivity contribution < 1.29 is 9.15 Å². The molecule has 0 amide bonds. The summed E-state index contributed by atoms with van der Waals surface area (Å²) in [6.45, 7) is 5.95. The largest absolute Gasteiger partial charge is 0.439 e. The molecule has 6 nitrogen and oxygen atoms in total. The van der Waals surface area contributed by atoms with Crippen molar-refractivity contribution in [1.82, 2.24) is 15.2 Å². The summed E-state index contributed by atoms with van der Waals surface area (Å²) in [7, 11) is 0. The molecule has 124 valence electrons. The van der Waals surface area contributed by atoms with Crippen LogP contribution in [0.4, 0.5) is 5.69 Å². The number of aromatic nitrogens is 3. The zero-order valence-corrected chi connectivity index (χ0v) is 14.0. The Balaban J connectivity index is 1.62. The standard InChI is InChI=1S/C18H20N4O2/c1-4-16-21-22-18(24-16)13(3)20-14-6-8-15(9-7-14)23-17-10-5-12(2)11-19-17/h5-11,13,20H,4H2,1-3H3/t13-/m0/s1. The van der Waals surface area contributed by atoms with E-state index in [2.05, 4.69) is 20.5 Å². The highest BCUT2D eigenvalue weighted by Gasteiger charge is 2.13. The van der Waals surface area contributed by atoms with Gasteiger partial charge in [-0.25, -0.2) is 4.98 Å². The van der Waals surface area contributed by atoms with Gasteiger partial charge in [0.25, 0.3) is 0 Å². The van der Waals surface area contributed by atoms with Crippen LogP contribution < -0.4 is 10.1 Å². The first kappa shape index (κ1) is 16.0. The summed E-state index contributed by atoms with van der Waals surface area (Å²) in [6.07, 6.45) is 2.51. The molecule has 0 saturated heterocycles. The molecule has 0 saturated carbocycles. The molecule has 3 rings (SSSR count). The van der Waals surface area contributed by atoms with E-state index >= 15 is 0 Å². The molecule has 0 spiro atoms. The van der Waals surface area contributed by atoms with E-state index in [4.69, 9.17) is 9.15 Å². The molecule has 6 heteroatoms. The van der Waals surface area contributed by atoms with Gasteiger partial charge in [-0.1, -0.05) is 13.0 Å². The van der Waals surface area contributed by atoms with E-state index < -0.39 is 0 Å². The molecule has 1 aromatic carbocycles. The van der Waals surface area contributed by atoms with E-state index in [9.17, 15) is 0 Å². The Kier molecular flexibility index (Phi) is 4.74. The molecule has 0 aliphatic rings. The van der Waals surface area contributed by atoms with Crippen LogP contribution in [0, 0.1) is 6.92 Å². The summed E-state index contributed by atoms with van der Waals surface area (Å²) >= 11 is 0. The molecule has 3 aromatic rings. The lowest BCUT2D eigenvalue weighted by Gasteiger charge is -2.12. The molecular weight excluding hydrogens is 304 g/mol. The van der Waals surface area contributed by atoms with E-state index in [1.807, 2.05) is 57.2 Å². The van der Waals surface area contributed by atoms with Crippen LogP contribution in [-0.4, -0.2) is 15.2 Å². The van der Waals surface area contributed by atoms with Crippen LogP contribution in [0.5, 0.6) is 11.6 Å². The molecule has 0 bridgehead atoms. The quantitative estimate of drug-likeness (QED) is 0.728. The number of rotatable bonds is 6. The first-order valence-electron chi connectivity index (χ1n) is 7.93. The first-order valence-corrected chi connectivity index (χ1v) is 7.93. The van der Waals surface area contributed by atoms with Gasteiger partial charge in [-0.15, -0.1) is 10.2 Å². The lowest BCUT2D eigenvalue weighted by atomic mass is 10.2. The van der Waals surface area contributed by atoms with Gasteiger partial charge >= 0.3 is 0 Å². The van der Waals surface area contributed by atoms with Gasteiger partial charge in [0.1, 0.15) is 11.8 Å². The molecule has 0 fully saturated rings. The van der Waals surface area contributed by atoms with Gasteiger partial charge in [0.2, 0.25) is 17.7 Å². The molecule has 0 radical (unpaired) electrons. The van der Waals surface area contributed by atoms with Gasteiger partial charge < -0.3 is 14.5 Å². The van der Waals surface area contributed by atoms with E-state index in [1.165, 1.54) is 0 Å². The molecule has 0 aliphatic carbocycles. The molecule has 0 aliphatic heterocycles. The minimum absolute atomic E-state index is 0.0664. The Morgan fingerprint density at radius 3 is 2.54 bits per heavy atom. The SMILES string of the molecule is CCc1nnc([C@H](C)Nc2ccc(Oc3ccc(C)cn3)cc2)o1. The average Bonchev–Trinajstić information content (AvgIpc) is 3.08. The summed E-state index contributed by atoms with van der Waals surface area (Å²) in [5, 5.41) is 11.4. The Labute approximate surface area is 140 Å². The number of nitrogens with one attached hydrogen (secondary N) is 1. The van der Waals surface area contributed by atoms with Crippen molar-refractivity contribution in [3.63, 3.8) is 0 Å². The normalized spacial score (nSPS) is 12.0. The number of ether oxygens (including phenoxy) is 1. The number of anilines is 1. The third-order valence-corrected chi connectivity index (χ3v) is 3.50. The molecule has 1 atom stereocenters. The second-order valence-corrected chi connectivity index (χ2v) is 5.55. The highest BCUT2D eigenvalue weighted by molar-refractivity contribution is 5.47. The van der Waals surface area contributed by atoms with Crippen LogP contribution in [0.2, 0.25) is 0 Å². The van der Waals surface area contributed by atoms with E-state index in [-0.39, 0.29) is 6.04 Å².